The van der Waals surface area contributed by atoms with Crippen molar-refractivity contribution < 1.29 is 8.83 Å². The monoisotopic (exact) mass is 910 g/mol. The molecule has 70 heavy (non-hydrogen) atoms. The lowest BCUT2D eigenvalue weighted by molar-refractivity contribution is 0.590. The quantitative estimate of drug-likeness (QED) is 0.162. The van der Waals surface area contributed by atoms with Gasteiger partial charge in [0, 0.05) is 61.0 Å². The molecule has 6 heteroatoms. The highest BCUT2D eigenvalue weighted by atomic mass is 28.3. The molecule has 4 aliphatic heterocycles. The van der Waals surface area contributed by atoms with Crippen molar-refractivity contribution in [3.05, 3.63) is 212 Å². The molecule has 0 unspecified atom stereocenters. The van der Waals surface area contributed by atoms with Gasteiger partial charge in [-0.2, -0.15) is 0 Å². The fourth-order valence-corrected chi connectivity index (χ4v) is 18.9. The van der Waals surface area contributed by atoms with Gasteiger partial charge in [0.25, 0.3) is 0 Å². The predicted molar refractivity (Wildman–Crippen MR) is 295 cm³/mol. The van der Waals surface area contributed by atoms with Crippen LogP contribution in [0.3, 0.4) is 0 Å². The average molecular weight is 911 g/mol. The minimum atomic E-state index is -2.91. The molecule has 4 aliphatic rings. The number of benzene rings is 10. The van der Waals surface area contributed by atoms with Gasteiger partial charge in [-0.15, -0.1) is 0 Å². The smallest absolute Gasteiger partial charge is 0.333 e. The van der Waals surface area contributed by atoms with Gasteiger partial charge < -0.3 is 18.5 Å². The summed E-state index contributed by atoms with van der Waals surface area (Å²) in [6, 6.07) is 77.5. The Kier molecular flexibility index (Phi) is 7.43. The van der Waals surface area contributed by atoms with E-state index < -0.39 is 8.07 Å². The molecular formula is C64H43BN2O2Si. The number of furan rings is 2. The molecule has 4 nitrogen and oxygen atoms in total. The van der Waals surface area contributed by atoms with Gasteiger partial charge in [-0.25, -0.2) is 0 Å². The van der Waals surface area contributed by atoms with Gasteiger partial charge in [-0.1, -0.05) is 178 Å². The van der Waals surface area contributed by atoms with Gasteiger partial charge in [0.05, 0.1) is 5.69 Å². The minimum absolute atomic E-state index is 0.0628. The van der Waals surface area contributed by atoms with Crippen LogP contribution in [0.5, 0.6) is 0 Å². The fourth-order valence-electron chi connectivity index (χ4n) is 13.3. The number of hydrogen-bond acceptors (Lipinski definition) is 4. The van der Waals surface area contributed by atoms with Crippen LogP contribution in [0.15, 0.2) is 215 Å². The average Bonchev–Trinajstić information content (AvgIpc) is 4.07. The van der Waals surface area contributed by atoms with Gasteiger partial charge in [-0.3, -0.25) is 0 Å². The second kappa shape index (κ2) is 13.5. The largest absolute Gasteiger partial charge is 0.456 e. The molecule has 0 fully saturated rings. The van der Waals surface area contributed by atoms with E-state index in [4.69, 9.17) is 8.83 Å². The van der Waals surface area contributed by atoms with Gasteiger partial charge in [0.1, 0.15) is 22.3 Å². The summed E-state index contributed by atoms with van der Waals surface area (Å²) in [5.41, 5.74) is 20.6. The van der Waals surface area contributed by atoms with Crippen LogP contribution in [0, 0.1) is 0 Å². The Labute approximate surface area is 406 Å². The molecule has 0 radical (unpaired) electrons. The molecule has 0 saturated carbocycles. The SMILES string of the molecule is CC(C)(C)c1ccc(N2c3cc4c(cc3B3c5c2cc2c(oc6ccccc62)c5-c2cccc5c2N3c2ccccc2[Si]52c3ccccc3-c3ccccc32)oc2ccccc24)c(-c2ccccc2)c1. The molecular weight excluding hydrogens is 868 g/mol. The van der Waals surface area contributed by atoms with Crippen molar-refractivity contribution >= 4 is 119 Å². The standard InChI is InChI=1S/C64H43BN2O2Si/c1-64(2,3)39-32-33-49(45(34-39)38-18-5-4-6-19-38)66-51-35-46-40-20-7-12-26-53(40)68-55(46)37-48(51)65-61-52(66)36-47-41-21-8-13-27-54(41)69-63(47)60(61)44-24-17-31-59-62(44)67(65)50-25-11-16-30-58(50)70(59)56-28-14-9-22-42(56)43-23-10-15-29-57(43)70/h4-37H,1-3H3. The van der Waals surface area contributed by atoms with Crippen LogP contribution in [-0.2, 0) is 5.41 Å². The lowest BCUT2D eigenvalue weighted by Gasteiger charge is -2.51. The minimum Gasteiger partial charge on any atom is -0.456 e. The van der Waals surface area contributed by atoms with Crippen LogP contribution in [0.4, 0.5) is 28.4 Å². The summed E-state index contributed by atoms with van der Waals surface area (Å²) >= 11 is 0. The summed E-state index contributed by atoms with van der Waals surface area (Å²) < 4.78 is 14.1. The Morgan fingerprint density at radius 3 is 1.80 bits per heavy atom. The molecule has 16 rings (SSSR count). The highest BCUT2D eigenvalue weighted by molar-refractivity contribution is 7.24. The van der Waals surface area contributed by atoms with Crippen molar-refractivity contribution in [2.24, 2.45) is 0 Å². The second-order valence-electron chi connectivity index (χ2n) is 20.7. The number of hydrogen-bond donors (Lipinski definition) is 0. The van der Waals surface area contributed by atoms with E-state index in [0.29, 0.717) is 0 Å². The third-order valence-corrected chi connectivity index (χ3v) is 21.1. The zero-order valence-corrected chi connectivity index (χ0v) is 39.9. The zero-order valence-electron chi connectivity index (χ0n) is 38.9. The first-order valence-electron chi connectivity index (χ1n) is 24.5. The van der Waals surface area contributed by atoms with Crippen molar-refractivity contribution in [3.8, 4) is 33.4 Å². The number of rotatable bonds is 2. The number of anilines is 5. The summed E-state index contributed by atoms with van der Waals surface area (Å²) in [6.45, 7) is 6.69. The molecule has 6 heterocycles. The Balaban J connectivity index is 1.11. The summed E-state index contributed by atoms with van der Waals surface area (Å²) in [4.78, 5) is 5.32. The molecule has 328 valence electrons. The van der Waals surface area contributed by atoms with E-state index in [9.17, 15) is 0 Å². The van der Waals surface area contributed by atoms with Crippen molar-refractivity contribution in [1.82, 2.24) is 0 Å². The van der Waals surface area contributed by atoms with E-state index in [0.717, 1.165) is 66.5 Å². The van der Waals surface area contributed by atoms with Crippen LogP contribution >= 0.6 is 0 Å². The topological polar surface area (TPSA) is 32.8 Å². The second-order valence-corrected chi connectivity index (χ2v) is 24.3. The van der Waals surface area contributed by atoms with E-state index in [1.165, 1.54) is 76.4 Å². The van der Waals surface area contributed by atoms with E-state index in [1.54, 1.807) is 0 Å². The zero-order chi connectivity index (χ0) is 46.2. The maximum atomic E-state index is 7.25. The lowest BCUT2D eigenvalue weighted by atomic mass is 9.43. The van der Waals surface area contributed by atoms with Crippen molar-refractivity contribution in [1.29, 1.82) is 0 Å². The Bertz CT molecular complexity index is 4230. The Morgan fingerprint density at radius 1 is 0.429 bits per heavy atom. The maximum Gasteiger partial charge on any atom is 0.333 e. The molecule has 0 aliphatic carbocycles. The van der Waals surface area contributed by atoms with E-state index >= 15 is 0 Å². The molecule has 0 amide bonds. The first-order valence-corrected chi connectivity index (χ1v) is 26.5. The molecule has 0 saturated heterocycles. The third kappa shape index (κ3) is 4.76. The predicted octanol–water partition coefficient (Wildman–Crippen LogP) is 12.8. The van der Waals surface area contributed by atoms with Crippen LogP contribution < -0.4 is 41.4 Å². The number of para-hydroxylation sites is 4. The molecule has 10 aromatic carbocycles. The number of fused-ring (bicyclic) bond motifs is 20. The van der Waals surface area contributed by atoms with Gasteiger partial charge in [0.2, 0.25) is 0 Å². The van der Waals surface area contributed by atoms with Crippen molar-refractivity contribution in [2.45, 2.75) is 26.2 Å². The van der Waals surface area contributed by atoms with Crippen molar-refractivity contribution in [3.63, 3.8) is 0 Å². The third-order valence-electron chi connectivity index (χ3n) is 16.2. The molecule has 0 N–H and O–H groups in total. The highest BCUT2D eigenvalue weighted by Gasteiger charge is 2.58. The summed E-state index contributed by atoms with van der Waals surface area (Å²) in [6.07, 6.45) is 0. The van der Waals surface area contributed by atoms with Crippen LogP contribution in [0.2, 0.25) is 0 Å². The van der Waals surface area contributed by atoms with Gasteiger partial charge in [-0.05, 0) is 108 Å². The highest BCUT2D eigenvalue weighted by Crippen LogP contribution is 2.54. The Hall–Kier alpha value is -8.32. The van der Waals surface area contributed by atoms with E-state index in [2.05, 4.69) is 237 Å². The molecule has 0 atom stereocenters. The molecule has 1 spiro atoms. The first-order chi connectivity index (χ1) is 34.4. The summed E-state index contributed by atoms with van der Waals surface area (Å²) in [7, 11) is -2.91. The van der Waals surface area contributed by atoms with Gasteiger partial charge in [0.15, 0.2) is 8.07 Å². The molecule has 2 aromatic heterocycles. The van der Waals surface area contributed by atoms with Crippen LogP contribution in [0.1, 0.15) is 26.3 Å². The summed E-state index contributed by atoms with van der Waals surface area (Å²) in [5, 5.41) is 10.2. The van der Waals surface area contributed by atoms with Crippen LogP contribution in [0.25, 0.3) is 77.3 Å². The van der Waals surface area contributed by atoms with Gasteiger partial charge >= 0.3 is 6.85 Å². The normalized spacial score (nSPS) is 14.5. The first kappa shape index (κ1) is 38.6. The molecule has 12 aromatic rings. The number of nitrogens with zero attached hydrogens (tertiary/aromatic N) is 2. The molecule has 0 bridgehead atoms. The lowest BCUT2D eigenvalue weighted by Crippen LogP contribution is -2.78. The van der Waals surface area contributed by atoms with E-state index in [-0.39, 0.29) is 12.3 Å². The summed E-state index contributed by atoms with van der Waals surface area (Å²) in [5.74, 6) is 0. The Morgan fingerprint density at radius 2 is 1.04 bits per heavy atom. The fraction of sp³-hybridized carbons (Fsp3) is 0.0625. The maximum absolute atomic E-state index is 7.25. The van der Waals surface area contributed by atoms with E-state index in [1.807, 2.05) is 0 Å². The van der Waals surface area contributed by atoms with Crippen molar-refractivity contribution in [2.75, 3.05) is 9.71 Å². The van der Waals surface area contributed by atoms with Crippen LogP contribution in [-0.4, -0.2) is 14.9 Å².